The molecule has 1 fully saturated rings. The standard InChI is InChI=1S/C17H28N4/c1-13-10-14(16(18)19)6-7-15(13)11-21(4)12-17(20(2)3)8-5-9-17/h6-7,10H,5,8-9,11-12H2,1-4H3,(H3,18,19). The van der Waals surface area contributed by atoms with Gasteiger partial charge < -0.3 is 15.5 Å². The summed E-state index contributed by atoms with van der Waals surface area (Å²) in [7, 11) is 6.59. The van der Waals surface area contributed by atoms with Crippen LogP contribution in [0, 0.1) is 12.3 Å². The van der Waals surface area contributed by atoms with E-state index >= 15 is 0 Å². The molecule has 0 amide bonds. The maximum Gasteiger partial charge on any atom is 0.122 e. The first kappa shape index (κ1) is 16.0. The first-order chi connectivity index (χ1) is 9.84. The highest BCUT2D eigenvalue weighted by Crippen LogP contribution is 2.36. The van der Waals surface area contributed by atoms with Gasteiger partial charge in [-0.3, -0.25) is 5.41 Å². The lowest BCUT2D eigenvalue weighted by Crippen LogP contribution is -2.56. The van der Waals surface area contributed by atoms with Crippen molar-refractivity contribution in [1.82, 2.24) is 9.80 Å². The fourth-order valence-electron chi connectivity index (χ4n) is 3.22. The largest absolute Gasteiger partial charge is 0.384 e. The monoisotopic (exact) mass is 288 g/mol. The quantitative estimate of drug-likeness (QED) is 0.623. The van der Waals surface area contributed by atoms with E-state index in [9.17, 15) is 0 Å². The number of rotatable bonds is 6. The summed E-state index contributed by atoms with van der Waals surface area (Å²) in [6, 6.07) is 6.06. The molecule has 4 heteroatoms. The average Bonchev–Trinajstić information content (AvgIpc) is 2.35. The number of nitrogens with zero attached hydrogens (tertiary/aromatic N) is 2. The zero-order valence-corrected chi connectivity index (χ0v) is 13.7. The van der Waals surface area contributed by atoms with Crippen molar-refractivity contribution in [3.8, 4) is 0 Å². The number of nitrogens with one attached hydrogen (secondary N) is 1. The molecule has 1 aliphatic rings. The van der Waals surface area contributed by atoms with Crippen LogP contribution in [0.3, 0.4) is 0 Å². The van der Waals surface area contributed by atoms with Crippen LogP contribution in [0.1, 0.15) is 36.0 Å². The Morgan fingerprint density at radius 1 is 1.29 bits per heavy atom. The third-order valence-corrected chi connectivity index (χ3v) is 4.89. The zero-order chi connectivity index (χ0) is 15.6. The van der Waals surface area contributed by atoms with Gasteiger partial charge in [0.15, 0.2) is 0 Å². The molecule has 4 nitrogen and oxygen atoms in total. The molecule has 116 valence electrons. The van der Waals surface area contributed by atoms with Crippen molar-refractivity contribution in [2.75, 3.05) is 27.7 Å². The summed E-state index contributed by atoms with van der Waals surface area (Å²) >= 11 is 0. The summed E-state index contributed by atoms with van der Waals surface area (Å²) in [6.07, 6.45) is 3.94. The molecule has 0 unspecified atom stereocenters. The van der Waals surface area contributed by atoms with Crippen LogP contribution in [-0.4, -0.2) is 48.9 Å². The minimum Gasteiger partial charge on any atom is -0.384 e. The van der Waals surface area contributed by atoms with Crippen molar-refractivity contribution < 1.29 is 0 Å². The van der Waals surface area contributed by atoms with E-state index in [0.29, 0.717) is 5.54 Å². The second-order valence-electron chi connectivity index (χ2n) is 6.70. The average molecular weight is 288 g/mol. The molecule has 21 heavy (non-hydrogen) atoms. The highest BCUT2D eigenvalue weighted by atomic mass is 15.2. The molecular weight excluding hydrogens is 260 g/mol. The Labute approximate surface area is 128 Å². The highest BCUT2D eigenvalue weighted by molar-refractivity contribution is 5.95. The molecule has 2 rings (SSSR count). The number of hydrogen-bond acceptors (Lipinski definition) is 3. The van der Waals surface area contributed by atoms with Crippen molar-refractivity contribution in [3.05, 3.63) is 34.9 Å². The van der Waals surface area contributed by atoms with Crippen LogP contribution >= 0.6 is 0 Å². The van der Waals surface area contributed by atoms with E-state index in [1.54, 1.807) is 0 Å². The number of aryl methyl sites for hydroxylation is 1. The van der Waals surface area contributed by atoms with Crippen LogP contribution in [-0.2, 0) is 6.54 Å². The molecule has 3 N–H and O–H groups in total. The molecule has 1 saturated carbocycles. The van der Waals surface area contributed by atoms with Crippen LogP contribution < -0.4 is 5.73 Å². The maximum absolute atomic E-state index is 7.50. The molecule has 0 atom stereocenters. The lowest BCUT2D eigenvalue weighted by molar-refractivity contribution is 0.0258. The van der Waals surface area contributed by atoms with Gasteiger partial charge in [-0.15, -0.1) is 0 Å². The minimum absolute atomic E-state index is 0.138. The van der Waals surface area contributed by atoms with Gasteiger partial charge in [-0.1, -0.05) is 12.1 Å². The normalized spacial score (nSPS) is 17.0. The van der Waals surface area contributed by atoms with E-state index in [2.05, 4.69) is 43.9 Å². The SMILES string of the molecule is Cc1cc(C(=N)N)ccc1CN(C)CC1(N(C)C)CCC1. The van der Waals surface area contributed by atoms with Crippen LogP contribution in [0.4, 0.5) is 0 Å². The van der Waals surface area contributed by atoms with E-state index in [-0.39, 0.29) is 5.84 Å². The molecule has 1 aliphatic carbocycles. The van der Waals surface area contributed by atoms with Crippen LogP contribution in [0.15, 0.2) is 18.2 Å². The Hall–Kier alpha value is -1.39. The number of nitrogens with two attached hydrogens (primary N) is 1. The molecule has 0 aliphatic heterocycles. The predicted molar refractivity (Wildman–Crippen MR) is 88.8 cm³/mol. The molecule has 0 spiro atoms. The summed E-state index contributed by atoms with van der Waals surface area (Å²) in [4.78, 5) is 4.80. The number of benzene rings is 1. The van der Waals surface area contributed by atoms with Gasteiger partial charge in [-0.2, -0.15) is 0 Å². The molecule has 0 bridgehead atoms. The van der Waals surface area contributed by atoms with Crippen molar-refractivity contribution in [3.63, 3.8) is 0 Å². The number of likely N-dealkylation sites (N-methyl/N-ethyl adjacent to an activating group) is 2. The van der Waals surface area contributed by atoms with Gasteiger partial charge in [-0.05, 0) is 64.5 Å². The van der Waals surface area contributed by atoms with Crippen LogP contribution in [0.25, 0.3) is 0 Å². The van der Waals surface area contributed by atoms with Crippen LogP contribution in [0.2, 0.25) is 0 Å². The van der Waals surface area contributed by atoms with Crippen molar-refractivity contribution in [1.29, 1.82) is 5.41 Å². The second-order valence-corrected chi connectivity index (χ2v) is 6.70. The van der Waals surface area contributed by atoms with Gasteiger partial charge in [0.2, 0.25) is 0 Å². The van der Waals surface area contributed by atoms with E-state index in [4.69, 9.17) is 11.1 Å². The Kier molecular flexibility index (Phi) is 4.69. The first-order valence-electron chi connectivity index (χ1n) is 7.64. The predicted octanol–water partition coefficient (Wildman–Crippen LogP) is 2.20. The molecule has 0 aromatic heterocycles. The van der Waals surface area contributed by atoms with Gasteiger partial charge in [0, 0.05) is 24.2 Å². The zero-order valence-electron chi connectivity index (χ0n) is 13.7. The molecular formula is C17H28N4. The molecule has 0 radical (unpaired) electrons. The van der Waals surface area contributed by atoms with E-state index in [1.807, 2.05) is 12.1 Å². The third kappa shape index (κ3) is 3.44. The van der Waals surface area contributed by atoms with E-state index < -0.39 is 0 Å². The fraction of sp³-hybridized carbons (Fsp3) is 0.588. The Morgan fingerprint density at radius 2 is 1.95 bits per heavy atom. The topological polar surface area (TPSA) is 56.4 Å². The van der Waals surface area contributed by atoms with Crippen molar-refractivity contribution >= 4 is 5.84 Å². The smallest absolute Gasteiger partial charge is 0.122 e. The van der Waals surface area contributed by atoms with Crippen LogP contribution in [0.5, 0.6) is 0 Å². The van der Waals surface area contributed by atoms with Gasteiger partial charge in [-0.25, -0.2) is 0 Å². The fourth-order valence-corrected chi connectivity index (χ4v) is 3.22. The summed E-state index contributed by atoms with van der Waals surface area (Å²) in [5, 5.41) is 7.50. The summed E-state index contributed by atoms with van der Waals surface area (Å²) in [6.45, 7) is 4.15. The summed E-state index contributed by atoms with van der Waals surface area (Å²) in [5.74, 6) is 0.138. The molecule has 1 aromatic carbocycles. The second kappa shape index (κ2) is 6.16. The van der Waals surface area contributed by atoms with E-state index in [1.165, 1.54) is 30.4 Å². The molecule has 0 heterocycles. The Balaban J connectivity index is 2.03. The lowest BCUT2D eigenvalue weighted by atomic mass is 9.75. The molecule has 1 aromatic rings. The maximum atomic E-state index is 7.50. The van der Waals surface area contributed by atoms with Gasteiger partial charge in [0.25, 0.3) is 0 Å². The lowest BCUT2D eigenvalue weighted by Gasteiger charge is -2.49. The Morgan fingerprint density at radius 3 is 2.38 bits per heavy atom. The Bertz CT molecular complexity index is 518. The highest BCUT2D eigenvalue weighted by Gasteiger charge is 2.39. The first-order valence-corrected chi connectivity index (χ1v) is 7.64. The minimum atomic E-state index is 0.138. The van der Waals surface area contributed by atoms with E-state index in [0.717, 1.165) is 18.7 Å². The number of hydrogen-bond donors (Lipinski definition) is 2. The summed E-state index contributed by atoms with van der Waals surface area (Å²) in [5.41, 5.74) is 9.24. The van der Waals surface area contributed by atoms with Gasteiger partial charge in [0.1, 0.15) is 5.84 Å². The van der Waals surface area contributed by atoms with Gasteiger partial charge >= 0.3 is 0 Å². The third-order valence-electron chi connectivity index (χ3n) is 4.89. The molecule has 0 saturated heterocycles. The van der Waals surface area contributed by atoms with Crippen molar-refractivity contribution in [2.45, 2.75) is 38.3 Å². The summed E-state index contributed by atoms with van der Waals surface area (Å²) < 4.78 is 0. The number of amidine groups is 1. The van der Waals surface area contributed by atoms with Gasteiger partial charge in [0.05, 0.1) is 0 Å². The number of nitrogen functional groups attached to an aromatic ring is 1. The van der Waals surface area contributed by atoms with Crippen molar-refractivity contribution in [2.24, 2.45) is 5.73 Å².